The third-order valence-corrected chi connectivity index (χ3v) is 5.00. The first-order valence-electron chi connectivity index (χ1n) is 6.93. The minimum absolute atomic E-state index is 0.432. The molecule has 0 amide bonds. The summed E-state index contributed by atoms with van der Waals surface area (Å²) in [4.78, 5) is 4.15. The van der Waals surface area contributed by atoms with Gasteiger partial charge in [0.15, 0.2) is 0 Å². The van der Waals surface area contributed by atoms with Crippen molar-refractivity contribution in [3.63, 3.8) is 0 Å². The summed E-state index contributed by atoms with van der Waals surface area (Å²) in [6.07, 6.45) is 4.53. The van der Waals surface area contributed by atoms with Crippen LogP contribution in [0.15, 0.2) is 11.4 Å². The fourth-order valence-electron chi connectivity index (χ4n) is 3.04. The zero-order valence-electron chi connectivity index (χ0n) is 11.0. The number of nitrogens with one attached hydrogen (secondary N) is 1. The molecule has 3 rings (SSSR count). The molecule has 2 atom stereocenters. The Morgan fingerprint density at radius 1 is 1.44 bits per heavy atom. The molecule has 1 saturated heterocycles. The van der Waals surface area contributed by atoms with Gasteiger partial charge in [0.25, 0.3) is 0 Å². The van der Waals surface area contributed by atoms with E-state index in [9.17, 15) is 0 Å². The van der Waals surface area contributed by atoms with Crippen LogP contribution in [-0.2, 0) is 17.7 Å². The second kappa shape index (κ2) is 5.70. The first-order chi connectivity index (χ1) is 8.85. The van der Waals surface area contributed by atoms with E-state index in [2.05, 4.69) is 21.7 Å². The molecule has 1 N–H and O–H groups in total. The molecule has 0 bridgehead atoms. The Morgan fingerprint density at radius 2 is 2.33 bits per heavy atom. The summed E-state index contributed by atoms with van der Waals surface area (Å²) in [5.74, 6) is 0. The Hall–Kier alpha value is -0.420. The van der Waals surface area contributed by atoms with E-state index in [0.717, 1.165) is 19.6 Å². The number of thiophene rings is 1. The van der Waals surface area contributed by atoms with E-state index < -0.39 is 0 Å². The minimum Gasteiger partial charge on any atom is -0.372 e. The van der Waals surface area contributed by atoms with Crippen LogP contribution in [-0.4, -0.2) is 43.8 Å². The predicted molar refractivity (Wildman–Crippen MR) is 75.1 cm³/mol. The Bertz CT molecular complexity index is 393. The summed E-state index contributed by atoms with van der Waals surface area (Å²) in [5.41, 5.74) is 1.54. The Kier molecular flexibility index (Phi) is 3.99. The van der Waals surface area contributed by atoms with Crippen molar-refractivity contribution in [2.75, 3.05) is 26.7 Å². The minimum atomic E-state index is 0.432. The summed E-state index contributed by atoms with van der Waals surface area (Å²) in [5, 5.41) is 5.43. The molecule has 0 aliphatic carbocycles. The number of ether oxygens (including phenoxy) is 1. The van der Waals surface area contributed by atoms with Crippen LogP contribution < -0.4 is 5.32 Å². The van der Waals surface area contributed by atoms with Gasteiger partial charge >= 0.3 is 0 Å². The van der Waals surface area contributed by atoms with Crippen LogP contribution in [0.3, 0.4) is 0 Å². The highest BCUT2D eigenvalue weighted by Crippen LogP contribution is 2.26. The van der Waals surface area contributed by atoms with E-state index in [0.29, 0.717) is 12.2 Å². The zero-order valence-corrected chi connectivity index (χ0v) is 11.8. The standard InChI is InChI=1S/C14H22N2OS/c1-15-8-12-2-3-13(17-12)10-16-6-4-14-11(9-16)5-7-18-14/h5,7,12-13,15H,2-4,6,8-10H2,1H3. The Labute approximate surface area is 113 Å². The van der Waals surface area contributed by atoms with E-state index in [1.807, 2.05) is 18.4 Å². The van der Waals surface area contributed by atoms with Crippen LogP contribution in [0.25, 0.3) is 0 Å². The summed E-state index contributed by atoms with van der Waals surface area (Å²) >= 11 is 1.91. The molecular weight excluding hydrogens is 244 g/mol. The van der Waals surface area contributed by atoms with Gasteiger partial charge in [-0.3, -0.25) is 4.90 Å². The first-order valence-corrected chi connectivity index (χ1v) is 7.81. The number of likely N-dealkylation sites (N-methyl/N-ethyl adjacent to an activating group) is 1. The van der Waals surface area contributed by atoms with Gasteiger partial charge < -0.3 is 10.1 Å². The fraction of sp³-hybridized carbons (Fsp3) is 0.714. The van der Waals surface area contributed by atoms with Crippen LogP contribution in [0.2, 0.25) is 0 Å². The van der Waals surface area contributed by atoms with Crippen LogP contribution in [0.1, 0.15) is 23.3 Å². The highest BCUT2D eigenvalue weighted by Gasteiger charge is 2.27. The van der Waals surface area contributed by atoms with Crippen molar-refractivity contribution in [3.8, 4) is 0 Å². The average Bonchev–Trinajstić information content (AvgIpc) is 2.98. The summed E-state index contributed by atoms with van der Waals surface area (Å²) in [7, 11) is 2.00. The predicted octanol–water partition coefficient (Wildman–Crippen LogP) is 1.87. The van der Waals surface area contributed by atoms with E-state index in [1.165, 1.54) is 31.4 Å². The van der Waals surface area contributed by atoms with Crippen molar-refractivity contribution in [1.82, 2.24) is 10.2 Å². The van der Waals surface area contributed by atoms with Crippen molar-refractivity contribution in [3.05, 3.63) is 21.9 Å². The van der Waals surface area contributed by atoms with Gasteiger partial charge in [0.2, 0.25) is 0 Å². The molecule has 1 aromatic heterocycles. The summed E-state index contributed by atoms with van der Waals surface area (Å²) < 4.78 is 6.07. The lowest BCUT2D eigenvalue weighted by Gasteiger charge is -2.29. The van der Waals surface area contributed by atoms with Gasteiger partial charge in [0, 0.05) is 31.1 Å². The highest BCUT2D eigenvalue weighted by atomic mass is 32.1. The molecule has 1 aromatic rings. The van der Waals surface area contributed by atoms with Crippen LogP contribution in [0, 0.1) is 0 Å². The van der Waals surface area contributed by atoms with Crippen molar-refractivity contribution in [2.24, 2.45) is 0 Å². The lowest BCUT2D eigenvalue weighted by molar-refractivity contribution is 0.0217. The van der Waals surface area contributed by atoms with Crippen LogP contribution >= 0.6 is 11.3 Å². The molecule has 2 aliphatic rings. The molecule has 2 unspecified atom stereocenters. The van der Waals surface area contributed by atoms with Gasteiger partial charge in [-0.2, -0.15) is 0 Å². The molecule has 1 fully saturated rings. The average molecular weight is 266 g/mol. The molecule has 0 saturated carbocycles. The van der Waals surface area contributed by atoms with Gasteiger partial charge in [0.05, 0.1) is 12.2 Å². The normalized spacial score (nSPS) is 28.5. The Morgan fingerprint density at radius 3 is 3.22 bits per heavy atom. The maximum atomic E-state index is 6.07. The molecule has 0 radical (unpaired) electrons. The molecule has 100 valence electrons. The number of fused-ring (bicyclic) bond motifs is 1. The monoisotopic (exact) mass is 266 g/mol. The zero-order chi connectivity index (χ0) is 12.4. The van der Waals surface area contributed by atoms with E-state index in [4.69, 9.17) is 4.74 Å². The van der Waals surface area contributed by atoms with Gasteiger partial charge in [-0.15, -0.1) is 11.3 Å². The molecule has 18 heavy (non-hydrogen) atoms. The van der Waals surface area contributed by atoms with Gasteiger partial charge in [-0.1, -0.05) is 0 Å². The molecular formula is C14H22N2OS. The second-order valence-corrected chi connectivity index (χ2v) is 6.37. The quantitative estimate of drug-likeness (QED) is 0.900. The number of rotatable bonds is 4. The molecule has 0 spiro atoms. The maximum absolute atomic E-state index is 6.07. The van der Waals surface area contributed by atoms with E-state index in [-0.39, 0.29) is 0 Å². The molecule has 4 heteroatoms. The molecule has 3 nitrogen and oxygen atoms in total. The molecule has 3 heterocycles. The third-order valence-electron chi connectivity index (χ3n) is 3.98. The number of hydrogen-bond donors (Lipinski definition) is 1. The van der Waals surface area contributed by atoms with Gasteiger partial charge in [-0.25, -0.2) is 0 Å². The van der Waals surface area contributed by atoms with Crippen molar-refractivity contribution in [2.45, 2.75) is 38.0 Å². The van der Waals surface area contributed by atoms with E-state index >= 15 is 0 Å². The number of nitrogens with zero attached hydrogens (tertiary/aromatic N) is 1. The first kappa shape index (κ1) is 12.6. The number of hydrogen-bond acceptors (Lipinski definition) is 4. The largest absolute Gasteiger partial charge is 0.372 e. The second-order valence-electron chi connectivity index (χ2n) is 5.37. The van der Waals surface area contributed by atoms with Gasteiger partial charge in [0.1, 0.15) is 0 Å². The van der Waals surface area contributed by atoms with Crippen molar-refractivity contribution >= 4 is 11.3 Å². The topological polar surface area (TPSA) is 24.5 Å². The summed E-state index contributed by atoms with van der Waals surface area (Å²) in [6, 6.07) is 2.28. The Balaban J connectivity index is 1.50. The maximum Gasteiger partial charge on any atom is 0.0707 e. The van der Waals surface area contributed by atoms with Crippen molar-refractivity contribution in [1.29, 1.82) is 0 Å². The molecule has 0 aromatic carbocycles. The third kappa shape index (κ3) is 2.77. The van der Waals surface area contributed by atoms with Crippen molar-refractivity contribution < 1.29 is 4.74 Å². The fourth-order valence-corrected chi connectivity index (χ4v) is 3.93. The molecule has 2 aliphatic heterocycles. The van der Waals surface area contributed by atoms with Gasteiger partial charge in [-0.05, 0) is 43.3 Å². The summed E-state index contributed by atoms with van der Waals surface area (Å²) in [6.45, 7) is 4.42. The SMILES string of the molecule is CNCC1CCC(CN2CCc3sccc3C2)O1. The lowest BCUT2D eigenvalue weighted by Crippen LogP contribution is -2.36. The smallest absolute Gasteiger partial charge is 0.0707 e. The van der Waals surface area contributed by atoms with E-state index in [1.54, 1.807) is 4.88 Å². The van der Waals surface area contributed by atoms with Crippen LogP contribution in [0.5, 0.6) is 0 Å². The van der Waals surface area contributed by atoms with Crippen LogP contribution in [0.4, 0.5) is 0 Å². The highest BCUT2D eigenvalue weighted by molar-refractivity contribution is 7.10. The lowest BCUT2D eigenvalue weighted by atomic mass is 10.1.